The van der Waals surface area contributed by atoms with Crippen molar-refractivity contribution in [3.05, 3.63) is 66.5 Å². The fraction of sp³-hybridized carbons (Fsp3) is 0.150. The fourth-order valence-electron chi connectivity index (χ4n) is 3.33. The van der Waals surface area contributed by atoms with Gasteiger partial charge in [-0.1, -0.05) is 30.0 Å². The first kappa shape index (κ1) is 16.9. The first-order valence-electron chi connectivity index (χ1n) is 8.93. The normalized spacial score (nSPS) is 13.1. The molecule has 1 amide bonds. The minimum atomic E-state index is 0.0649. The predicted molar refractivity (Wildman–Crippen MR) is 107 cm³/mol. The van der Waals surface area contributed by atoms with E-state index in [1.807, 2.05) is 47.4 Å². The van der Waals surface area contributed by atoms with E-state index in [1.54, 1.807) is 16.9 Å². The Hall–Kier alpha value is -3.26. The van der Waals surface area contributed by atoms with E-state index in [-0.39, 0.29) is 11.7 Å². The molecule has 7 nitrogen and oxygen atoms in total. The maximum Gasteiger partial charge on any atom is 0.237 e. The molecule has 4 aromatic rings. The summed E-state index contributed by atoms with van der Waals surface area (Å²) >= 11 is 1.35. The molecule has 0 spiro atoms. The standard InChI is InChI=1S/C20H16N6OS/c27-19(25-11-9-14-4-1-2-6-17(14)25)13-28-20-23-22-18-8-7-16(24-26(18)20)15-5-3-10-21-12-15/h1-8,10,12H,9,11,13H2. The molecule has 1 aliphatic rings. The predicted octanol–water partition coefficient (Wildman–Crippen LogP) is 2.87. The second-order valence-corrected chi connectivity index (χ2v) is 7.37. The van der Waals surface area contributed by atoms with Gasteiger partial charge in [0.2, 0.25) is 11.1 Å². The molecule has 138 valence electrons. The van der Waals surface area contributed by atoms with E-state index in [9.17, 15) is 4.79 Å². The lowest BCUT2D eigenvalue weighted by atomic mass is 10.2. The van der Waals surface area contributed by atoms with Crippen LogP contribution in [0.25, 0.3) is 16.9 Å². The van der Waals surface area contributed by atoms with Gasteiger partial charge in [-0.15, -0.1) is 10.2 Å². The molecule has 0 unspecified atom stereocenters. The Morgan fingerprint density at radius 1 is 1.07 bits per heavy atom. The molecule has 0 bridgehead atoms. The summed E-state index contributed by atoms with van der Waals surface area (Å²) in [6, 6.07) is 15.6. The van der Waals surface area contributed by atoms with Gasteiger partial charge in [0.25, 0.3) is 0 Å². The number of carbonyl (C=O) groups is 1. The van der Waals surface area contributed by atoms with Crippen LogP contribution in [0.2, 0.25) is 0 Å². The highest BCUT2D eigenvalue weighted by Gasteiger charge is 2.24. The minimum Gasteiger partial charge on any atom is -0.311 e. The number of carbonyl (C=O) groups excluding carboxylic acids is 1. The number of benzene rings is 1. The van der Waals surface area contributed by atoms with Crippen LogP contribution in [0, 0.1) is 0 Å². The highest BCUT2D eigenvalue weighted by atomic mass is 32.2. The number of amides is 1. The van der Waals surface area contributed by atoms with E-state index in [0.717, 1.165) is 29.9 Å². The Labute approximate surface area is 165 Å². The highest BCUT2D eigenvalue weighted by molar-refractivity contribution is 7.99. The third kappa shape index (κ3) is 3.01. The fourth-order valence-corrected chi connectivity index (χ4v) is 4.09. The second kappa shape index (κ2) is 7.05. The van der Waals surface area contributed by atoms with E-state index < -0.39 is 0 Å². The van der Waals surface area contributed by atoms with E-state index in [1.165, 1.54) is 17.3 Å². The van der Waals surface area contributed by atoms with Crippen molar-refractivity contribution in [3.8, 4) is 11.3 Å². The maximum atomic E-state index is 12.7. The van der Waals surface area contributed by atoms with Crippen LogP contribution < -0.4 is 4.90 Å². The van der Waals surface area contributed by atoms with E-state index >= 15 is 0 Å². The van der Waals surface area contributed by atoms with Crippen molar-refractivity contribution in [2.24, 2.45) is 0 Å². The lowest BCUT2D eigenvalue weighted by Crippen LogP contribution is -2.30. The zero-order valence-electron chi connectivity index (χ0n) is 14.9. The van der Waals surface area contributed by atoms with E-state index in [2.05, 4.69) is 26.3 Å². The van der Waals surface area contributed by atoms with Crippen molar-refractivity contribution in [1.82, 2.24) is 24.8 Å². The number of nitrogens with zero attached hydrogens (tertiary/aromatic N) is 6. The lowest BCUT2D eigenvalue weighted by molar-refractivity contribution is -0.116. The Morgan fingerprint density at radius 2 is 2.00 bits per heavy atom. The van der Waals surface area contributed by atoms with Gasteiger partial charge in [0.15, 0.2) is 5.65 Å². The Kier molecular flexibility index (Phi) is 4.25. The lowest BCUT2D eigenvalue weighted by Gasteiger charge is -2.16. The summed E-state index contributed by atoms with van der Waals surface area (Å²) in [6.45, 7) is 0.725. The largest absolute Gasteiger partial charge is 0.311 e. The van der Waals surface area contributed by atoms with Crippen molar-refractivity contribution >= 4 is 29.0 Å². The number of para-hydroxylation sites is 1. The summed E-state index contributed by atoms with van der Waals surface area (Å²) in [4.78, 5) is 18.7. The van der Waals surface area contributed by atoms with Crippen LogP contribution in [-0.2, 0) is 11.2 Å². The number of thioether (sulfide) groups is 1. The first-order valence-corrected chi connectivity index (χ1v) is 9.92. The van der Waals surface area contributed by atoms with E-state index in [0.29, 0.717) is 10.8 Å². The number of pyridine rings is 1. The molecule has 8 heteroatoms. The summed E-state index contributed by atoms with van der Waals surface area (Å²) in [7, 11) is 0. The molecule has 0 fully saturated rings. The van der Waals surface area contributed by atoms with Crippen molar-refractivity contribution in [2.45, 2.75) is 11.6 Å². The number of hydrogen-bond acceptors (Lipinski definition) is 6. The smallest absolute Gasteiger partial charge is 0.237 e. The zero-order valence-corrected chi connectivity index (χ0v) is 15.7. The molecule has 0 saturated heterocycles. The molecule has 5 rings (SSSR count). The number of aromatic nitrogens is 5. The van der Waals surface area contributed by atoms with Gasteiger partial charge < -0.3 is 4.90 Å². The molecule has 4 heterocycles. The third-order valence-corrected chi connectivity index (χ3v) is 5.61. The van der Waals surface area contributed by atoms with Crippen LogP contribution >= 0.6 is 11.8 Å². The molecule has 3 aromatic heterocycles. The summed E-state index contributed by atoms with van der Waals surface area (Å²) in [5.74, 6) is 0.351. The quantitative estimate of drug-likeness (QED) is 0.501. The van der Waals surface area contributed by atoms with Crippen LogP contribution in [0.4, 0.5) is 5.69 Å². The summed E-state index contributed by atoms with van der Waals surface area (Å²) < 4.78 is 1.68. The van der Waals surface area contributed by atoms with Crippen LogP contribution in [0.1, 0.15) is 5.56 Å². The van der Waals surface area contributed by atoms with Crippen molar-refractivity contribution < 1.29 is 4.79 Å². The average molecular weight is 388 g/mol. The minimum absolute atomic E-state index is 0.0649. The van der Waals surface area contributed by atoms with Crippen molar-refractivity contribution in [3.63, 3.8) is 0 Å². The summed E-state index contributed by atoms with van der Waals surface area (Å²) in [5, 5.41) is 13.6. The monoisotopic (exact) mass is 388 g/mol. The Morgan fingerprint density at radius 3 is 2.89 bits per heavy atom. The molecule has 28 heavy (non-hydrogen) atoms. The molecule has 1 aromatic carbocycles. The van der Waals surface area contributed by atoms with Crippen molar-refractivity contribution in [2.75, 3.05) is 17.2 Å². The van der Waals surface area contributed by atoms with Crippen LogP contribution in [0.15, 0.2) is 66.1 Å². The second-order valence-electron chi connectivity index (χ2n) is 6.43. The molecule has 0 atom stereocenters. The summed E-state index contributed by atoms with van der Waals surface area (Å²) in [5.41, 5.74) is 4.57. The van der Waals surface area contributed by atoms with Gasteiger partial charge in [-0.05, 0) is 42.3 Å². The van der Waals surface area contributed by atoms with Crippen LogP contribution in [0.3, 0.4) is 0 Å². The molecular formula is C20H16N6OS. The van der Waals surface area contributed by atoms with Gasteiger partial charge in [0.1, 0.15) is 0 Å². The number of anilines is 1. The van der Waals surface area contributed by atoms with Crippen molar-refractivity contribution in [1.29, 1.82) is 0 Å². The molecule has 0 aliphatic carbocycles. The summed E-state index contributed by atoms with van der Waals surface area (Å²) in [6.07, 6.45) is 4.39. The molecule has 0 N–H and O–H groups in total. The van der Waals surface area contributed by atoms with Gasteiger partial charge in [-0.25, -0.2) is 0 Å². The SMILES string of the molecule is O=C(CSc1nnc2ccc(-c3cccnc3)nn12)N1CCc2ccccc21. The Balaban J connectivity index is 1.36. The first-order chi connectivity index (χ1) is 13.8. The topological polar surface area (TPSA) is 76.3 Å². The maximum absolute atomic E-state index is 12.7. The molecule has 0 radical (unpaired) electrons. The van der Waals surface area contributed by atoms with E-state index in [4.69, 9.17) is 0 Å². The number of fused-ring (bicyclic) bond motifs is 2. The number of rotatable bonds is 4. The molecule has 0 saturated carbocycles. The highest BCUT2D eigenvalue weighted by Crippen LogP contribution is 2.28. The molecule has 1 aliphatic heterocycles. The van der Waals surface area contributed by atoms with Gasteiger partial charge in [-0.2, -0.15) is 9.61 Å². The zero-order chi connectivity index (χ0) is 18.9. The van der Waals surface area contributed by atoms with Crippen LogP contribution in [-0.4, -0.2) is 43.0 Å². The molecular weight excluding hydrogens is 372 g/mol. The van der Waals surface area contributed by atoms with Gasteiger partial charge in [0.05, 0.1) is 11.4 Å². The van der Waals surface area contributed by atoms with Gasteiger partial charge in [-0.3, -0.25) is 9.78 Å². The Bertz CT molecular complexity index is 1160. The number of hydrogen-bond donors (Lipinski definition) is 0. The van der Waals surface area contributed by atoms with Gasteiger partial charge >= 0.3 is 0 Å². The third-order valence-electron chi connectivity index (χ3n) is 4.70. The van der Waals surface area contributed by atoms with Gasteiger partial charge in [0, 0.05) is 30.2 Å². The average Bonchev–Trinajstić information content (AvgIpc) is 3.36. The van der Waals surface area contributed by atoms with Crippen LogP contribution in [0.5, 0.6) is 0 Å².